The lowest BCUT2D eigenvalue weighted by Gasteiger charge is -2.30. The normalized spacial score (nSPS) is 11.7. The van der Waals surface area contributed by atoms with Crippen molar-refractivity contribution >= 4 is 46.4 Å². The Morgan fingerprint density at radius 1 is 0.971 bits per heavy atom. The third-order valence-corrected chi connectivity index (χ3v) is 6.71. The molecule has 8 heteroatoms. The van der Waals surface area contributed by atoms with Crippen molar-refractivity contribution in [1.82, 2.24) is 9.88 Å². The summed E-state index contributed by atoms with van der Waals surface area (Å²) in [5.74, 6) is -1.57. The number of nitrogens with zero attached hydrogens (tertiary/aromatic N) is 2. The third-order valence-electron chi connectivity index (χ3n) is 5.34. The van der Waals surface area contributed by atoms with E-state index in [1.807, 2.05) is 60.0 Å². The van der Waals surface area contributed by atoms with Crippen molar-refractivity contribution in [2.45, 2.75) is 19.0 Å². The zero-order valence-corrected chi connectivity index (χ0v) is 20.2. The van der Waals surface area contributed by atoms with Gasteiger partial charge in [-0.15, -0.1) is 11.3 Å². The maximum absolute atomic E-state index is 13.6. The molecule has 1 aromatic heterocycles. The highest BCUT2D eigenvalue weighted by molar-refractivity contribution is 7.13. The quantitative estimate of drug-likeness (QED) is 0.295. The van der Waals surface area contributed by atoms with Crippen molar-refractivity contribution < 1.29 is 14.7 Å². The number of carbonyl (C=O) groups excluding carboxylic acids is 1. The number of carbonyl (C=O) groups is 2. The number of carboxylic acids is 1. The van der Waals surface area contributed by atoms with Crippen molar-refractivity contribution in [3.8, 4) is 10.6 Å². The number of aliphatic carboxylic acids is 1. The molecular formula is C26H20Cl2N2O3S. The van der Waals surface area contributed by atoms with Crippen LogP contribution >= 0.6 is 34.5 Å². The first-order chi connectivity index (χ1) is 16.4. The molecule has 0 radical (unpaired) electrons. The Kier molecular flexibility index (Phi) is 7.63. The van der Waals surface area contributed by atoms with Crippen LogP contribution in [0.5, 0.6) is 0 Å². The minimum absolute atomic E-state index is 0.0970. The number of halogens is 2. The summed E-state index contributed by atoms with van der Waals surface area (Å²) >= 11 is 13.8. The number of carboxylic acid groups (broad SMARTS) is 1. The molecule has 1 heterocycles. The van der Waals surface area contributed by atoms with E-state index >= 15 is 0 Å². The Balaban J connectivity index is 1.69. The molecule has 0 aliphatic heterocycles. The second-order valence-electron chi connectivity index (χ2n) is 7.64. The predicted molar refractivity (Wildman–Crippen MR) is 135 cm³/mol. The van der Waals surface area contributed by atoms with Gasteiger partial charge in [0.05, 0.1) is 10.6 Å². The number of rotatable bonds is 8. The topological polar surface area (TPSA) is 70.5 Å². The average molecular weight is 511 g/mol. The molecule has 0 spiro atoms. The summed E-state index contributed by atoms with van der Waals surface area (Å²) in [6.45, 7) is 0.0970. The summed E-state index contributed by atoms with van der Waals surface area (Å²) in [7, 11) is 0. The van der Waals surface area contributed by atoms with Crippen molar-refractivity contribution in [1.29, 1.82) is 0 Å². The van der Waals surface area contributed by atoms with Gasteiger partial charge in [0.2, 0.25) is 0 Å². The van der Waals surface area contributed by atoms with Gasteiger partial charge >= 0.3 is 5.97 Å². The number of thiazole rings is 1. The highest BCUT2D eigenvalue weighted by Crippen LogP contribution is 2.26. The van der Waals surface area contributed by atoms with E-state index < -0.39 is 17.9 Å². The number of aromatic nitrogens is 1. The van der Waals surface area contributed by atoms with Crippen LogP contribution in [0.3, 0.4) is 0 Å². The van der Waals surface area contributed by atoms with Gasteiger partial charge < -0.3 is 10.0 Å². The Morgan fingerprint density at radius 3 is 2.32 bits per heavy atom. The van der Waals surface area contributed by atoms with E-state index in [0.29, 0.717) is 5.02 Å². The summed E-state index contributed by atoms with van der Waals surface area (Å²) in [4.78, 5) is 31.6. The molecule has 3 aromatic carbocycles. The highest BCUT2D eigenvalue weighted by Gasteiger charge is 2.31. The van der Waals surface area contributed by atoms with Gasteiger partial charge in [0.1, 0.15) is 11.0 Å². The molecule has 1 unspecified atom stereocenters. The number of hydrogen-bond acceptors (Lipinski definition) is 4. The van der Waals surface area contributed by atoms with Crippen LogP contribution in [0.4, 0.5) is 0 Å². The number of benzene rings is 3. The predicted octanol–water partition coefficient (Wildman–Crippen LogP) is 6.46. The SMILES string of the molecule is O=C(O)C(Cc1ccccc1)N(Cc1ccc(-c2nccs2)cc1)C(=O)c1ccc(Cl)cc1Cl. The number of amides is 1. The van der Waals surface area contributed by atoms with Crippen molar-refractivity contribution in [3.05, 3.63) is 111 Å². The van der Waals surface area contributed by atoms with E-state index in [4.69, 9.17) is 23.2 Å². The van der Waals surface area contributed by atoms with Crippen LogP contribution < -0.4 is 0 Å². The fourth-order valence-corrected chi connectivity index (χ4v) is 4.76. The summed E-state index contributed by atoms with van der Waals surface area (Å²) in [5.41, 5.74) is 2.76. The summed E-state index contributed by atoms with van der Waals surface area (Å²) < 4.78 is 0. The van der Waals surface area contributed by atoms with Crippen molar-refractivity contribution in [2.75, 3.05) is 0 Å². The first-order valence-electron chi connectivity index (χ1n) is 10.4. The maximum Gasteiger partial charge on any atom is 0.326 e. The van der Waals surface area contributed by atoms with Gasteiger partial charge in [0, 0.05) is 35.1 Å². The van der Waals surface area contributed by atoms with Crippen LogP contribution in [0.25, 0.3) is 10.6 Å². The van der Waals surface area contributed by atoms with Crippen molar-refractivity contribution in [3.63, 3.8) is 0 Å². The second-order valence-corrected chi connectivity index (χ2v) is 9.37. The Bertz CT molecular complexity index is 1280. The van der Waals surface area contributed by atoms with Crippen LogP contribution in [0.1, 0.15) is 21.5 Å². The van der Waals surface area contributed by atoms with Crippen LogP contribution in [0.2, 0.25) is 10.0 Å². The summed E-state index contributed by atoms with van der Waals surface area (Å²) in [6, 6.07) is 20.3. The Labute approximate surface area is 211 Å². The highest BCUT2D eigenvalue weighted by atomic mass is 35.5. The van der Waals surface area contributed by atoms with Gasteiger partial charge in [-0.05, 0) is 29.3 Å². The maximum atomic E-state index is 13.6. The fraction of sp³-hybridized carbons (Fsp3) is 0.115. The lowest BCUT2D eigenvalue weighted by molar-refractivity contribution is -0.142. The monoisotopic (exact) mass is 510 g/mol. The van der Waals surface area contributed by atoms with Crippen LogP contribution in [-0.4, -0.2) is 32.9 Å². The molecule has 4 rings (SSSR count). The van der Waals surface area contributed by atoms with Gasteiger partial charge in [-0.2, -0.15) is 0 Å². The van der Waals surface area contributed by atoms with Crippen molar-refractivity contribution in [2.24, 2.45) is 0 Å². The van der Waals surface area contributed by atoms with E-state index in [0.717, 1.165) is 21.7 Å². The lowest BCUT2D eigenvalue weighted by Crippen LogP contribution is -2.46. The van der Waals surface area contributed by atoms with Gasteiger partial charge in [-0.3, -0.25) is 4.79 Å². The molecule has 172 valence electrons. The molecule has 0 saturated carbocycles. The molecule has 0 bridgehead atoms. The molecule has 34 heavy (non-hydrogen) atoms. The second kappa shape index (κ2) is 10.8. The third kappa shape index (κ3) is 5.65. The minimum atomic E-state index is -1.10. The molecule has 0 fully saturated rings. The summed E-state index contributed by atoms with van der Waals surface area (Å²) in [6.07, 6.45) is 1.90. The molecule has 0 saturated heterocycles. The fourth-order valence-electron chi connectivity index (χ4n) is 3.62. The Morgan fingerprint density at radius 2 is 1.71 bits per heavy atom. The van der Waals surface area contributed by atoms with Crippen LogP contribution in [0.15, 0.2) is 84.4 Å². The van der Waals surface area contributed by atoms with E-state index in [1.54, 1.807) is 12.3 Å². The molecule has 0 aliphatic rings. The van der Waals surface area contributed by atoms with Gasteiger partial charge in [0.15, 0.2) is 0 Å². The van der Waals surface area contributed by atoms with Gasteiger partial charge in [0.25, 0.3) is 5.91 Å². The zero-order chi connectivity index (χ0) is 24.1. The van der Waals surface area contributed by atoms with Crippen LogP contribution in [-0.2, 0) is 17.8 Å². The average Bonchev–Trinajstić information content (AvgIpc) is 3.37. The lowest BCUT2D eigenvalue weighted by atomic mass is 10.0. The van der Waals surface area contributed by atoms with E-state index in [9.17, 15) is 14.7 Å². The van der Waals surface area contributed by atoms with E-state index in [1.165, 1.54) is 28.4 Å². The van der Waals surface area contributed by atoms with E-state index in [-0.39, 0.29) is 23.6 Å². The zero-order valence-electron chi connectivity index (χ0n) is 17.9. The van der Waals surface area contributed by atoms with Crippen LogP contribution in [0, 0.1) is 0 Å². The molecule has 0 aliphatic carbocycles. The Hall–Kier alpha value is -3.19. The largest absolute Gasteiger partial charge is 0.480 e. The number of hydrogen-bond donors (Lipinski definition) is 1. The molecule has 4 aromatic rings. The van der Waals surface area contributed by atoms with Gasteiger partial charge in [-0.1, -0.05) is 77.8 Å². The van der Waals surface area contributed by atoms with Gasteiger partial charge in [-0.25, -0.2) is 9.78 Å². The smallest absolute Gasteiger partial charge is 0.326 e. The molecular weight excluding hydrogens is 491 g/mol. The summed E-state index contributed by atoms with van der Waals surface area (Å²) in [5, 5.41) is 13.5. The first kappa shape index (κ1) is 24.0. The van der Waals surface area contributed by atoms with E-state index in [2.05, 4.69) is 4.98 Å². The standard InChI is InChI=1S/C26H20Cl2N2O3S/c27-20-10-11-21(22(28)15-20)25(31)30(23(26(32)33)14-17-4-2-1-3-5-17)16-18-6-8-19(9-7-18)24-29-12-13-34-24/h1-13,15,23H,14,16H2,(H,32,33). The molecule has 1 amide bonds. The first-order valence-corrected chi connectivity index (χ1v) is 12.1. The molecule has 5 nitrogen and oxygen atoms in total. The minimum Gasteiger partial charge on any atom is -0.480 e. The molecule has 1 N–H and O–H groups in total. The molecule has 1 atom stereocenters.